The van der Waals surface area contributed by atoms with Gasteiger partial charge in [0.25, 0.3) is 11.8 Å². The third-order valence-electron chi connectivity index (χ3n) is 8.20. The van der Waals surface area contributed by atoms with E-state index >= 15 is 0 Å². The molecule has 2 N–H and O–H groups in total. The summed E-state index contributed by atoms with van der Waals surface area (Å²) in [6.07, 6.45) is 1.26. The molecule has 0 radical (unpaired) electrons. The monoisotopic (exact) mass is 628 g/mol. The van der Waals surface area contributed by atoms with Crippen LogP contribution in [0.3, 0.4) is 0 Å². The molecule has 1 saturated carbocycles. The number of phenolic OH excluding ortho intramolecular Hbond substituents is 1. The molecule has 2 saturated heterocycles. The van der Waals surface area contributed by atoms with Crippen molar-refractivity contribution in [3.05, 3.63) is 35.4 Å². The van der Waals surface area contributed by atoms with Gasteiger partial charge in [-0.1, -0.05) is 27.6 Å². The average Bonchev–Trinajstić information content (AvgIpc) is 3.21. The van der Waals surface area contributed by atoms with Crippen LogP contribution in [-0.4, -0.2) is 78.5 Å². The van der Waals surface area contributed by atoms with Crippen LogP contribution < -0.4 is 4.74 Å². The standard InChI is InChI=1S/C25H23BrCl2N2O8/c1-38-11-2-5-16(31)14(8-11)19-12-3-4-13-18(21(35)29(20(13)34)7-6-17(32)33)15(12)9-24(27)22(36)30(10-26)23(37)25(19,24)28/h2-3,5,8,13,15,18-19,31H,4,6-7,9-10H2,1H3,(H,32,33)/t13-,15+,18-,19+,24+,25-/m0/s1. The van der Waals surface area contributed by atoms with Crippen molar-refractivity contribution in [2.24, 2.45) is 17.8 Å². The minimum Gasteiger partial charge on any atom is -0.508 e. The van der Waals surface area contributed by atoms with E-state index in [0.29, 0.717) is 11.3 Å². The van der Waals surface area contributed by atoms with Crippen LogP contribution in [0.5, 0.6) is 11.5 Å². The fourth-order valence-corrected chi connectivity index (χ4v) is 7.90. The highest BCUT2D eigenvalue weighted by Crippen LogP contribution is 2.66. The number of aromatic hydroxyl groups is 1. The van der Waals surface area contributed by atoms with E-state index in [4.69, 9.17) is 33.0 Å². The Bertz CT molecular complexity index is 1320. The molecule has 6 atom stereocenters. The highest BCUT2D eigenvalue weighted by Gasteiger charge is 2.76. The van der Waals surface area contributed by atoms with Crippen LogP contribution >= 0.6 is 39.1 Å². The summed E-state index contributed by atoms with van der Waals surface area (Å²) in [6, 6.07) is 4.40. The van der Waals surface area contributed by atoms with Crippen LogP contribution in [0.25, 0.3) is 0 Å². The van der Waals surface area contributed by atoms with Crippen LogP contribution in [0, 0.1) is 17.8 Å². The van der Waals surface area contributed by atoms with Crippen molar-refractivity contribution in [2.75, 3.05) is 19.1 Å². The van der Waals surface area contributed by atoms with Gasteiger partial charge in [-0.25, -0.2) is 0 Å². The maximum Gasteiger partial charge on any atom is 0.305 e. The molecule has 1 aromatic rings. The number of hydrogen-bond acceptors (Lipinski definition) is 7. The molecule has 1 aromatic carbocycles. The van der Waals surface area contributed by atoms with E-state index in [-0.39, 0.29) is 36.2 Å². The Balaban J connectivity index is 1.69. The first-order valence-electron chi connectivity index (χ1n) is 11.9. The van der Waals surface area contributed by atoms with E-state index in [9.17, 15) is 29.1 Å². The number of rotatable bonds is 6. The number of carboxylic acids is 1. The van der Waals surface area contributed by atoms with Gasteiger partial charge in [0, 0.05) is 18.0 Å². The number of aliphatic carboxylic acids is 1. The first-order chi connectivity index (χ1) is 17.9. The fourth-order valence-electron chi connectivity index (χ4n) is 6.48. The molecule has 38 heavy (non-hydrogen) atoms. The van der Waals surface area contributed by atoms with Crippen LogP contribution in [0.2, 0.25) is 0 Å². The number of phenols is 1. The van der Waals surface area contributed by atoms with Crippen LogP contribution in [-0.2, 0) is 24.0 Å². The molecule has 0 aromatic heterocycles. The molecule has 2 heterocycles. The number of allylic oxidation sites excluding steroid dienone is 2. The molecule has 13 heteroatoms. The van der Waals surface area contributed by atoms with E-state index in [0.717, 1.165) is 9.80 Å². The number of benzene rings is 1. The molecule has 3 fully saturated rings. The van der Waals surface area contributed by atoms with Gasteiger partial charge in [0.1, 0.15) is 11.5 Å². The molecular weight excluding hydrogens is 607 g/mol. The average molecular weight is 630 g/mol. The number of methoxy groups -OCH3 is 1. The Morgan fingerprint density at radius 1 is 1.13 bits per heavy atom. The summed E-state index contributed by atoms with van der Waals surface area (Å²) in [7, 11) is 1.43. The maximum absolute atomic E-state index is 13.7. The van der Waals surface area contributed by atoms with E-state index in [2.05, 4.69) is 15.9 Å². The zero-order chi connectivity index (χ0) is 27.7. The Kier molecular flexibility index (Phi) is 6.55. The maximum atomic E-state index is 13.7. The van der Waals surface area contributed by atoms with Crippen molar-refractivity contribution < 1.29 is 38.9 Å². The highest BCUT2D eigenvalue weighted by atomic mass is 79.9. The highest BCUT2D eigenvalue weighted by molar-refractivity contribution is 9.09. The van der Waals surface area contributed by atoms with Crippen molar-refractivity contribution >= 4 is 68.7 Å². The molecule has 5 rings (SSSR count). The van der Waals surface area contributed by atoms with Gasteiger partial charge in [-0.2, -0.15) is 0 Å². The molecular formula is C25H23BrCl2N2O8. The van der Waals surface area contributed by atoms with Crippen LogP contribution in [0.15, 0.2) is 29.8 Å². The first-order valence-corrected chi connectivity index (χ1v) is 13.7. The van der Waals surface area contributed by atoms with Gasteiger partial charge in [-0.15, -0.1) is 23.2 Å². The van der Waals surface area contributed by atoms with Crippen molar-refractivity contribution in [1.82, 2.24) is 9.80 Å². The second kappa shape index (κ2) is 9.24. The van der Waals surface area contributed by atoms with Gasteiger partial charge in [-0.05, 0) is 37.0 Å². The second-order valence-corrected chi connectivity index (χ2v) is 11.6. The summed E-state index contributed by atoms with van der Waals surface area (Å²) < 4.78 is 5.33. The lowest BCUT2D eigenvalue weighted by Crippen LogP contribution is -2.60. The fraction of sp³-hybridized carbons (Fsp3) is 0.480. The van der Waals surface area contributed by atoms with E-state index in [1.54, 1.807) is 6.08 Å². The molecule has 0 bridgehead atoms. The van der Waals surface area contributed by atoms with Gasteiger partial charge in [-0.3, -0.25) is 33.8 Å². The summed E-state index contributed by atoms with van der Waals surface area (Å²) in [5.41, 5.74) is 0.538. The van der Waals surface area contributed by atoms with Gasteiger partial charge >= 0.3 is 5.97 Å². The van der Waals surface area contributed by atoms with Gasteiger partial charge < -0.3 is 14.9 Å². The number of nitrogens with zero attached hydrogens (tertiary/aromatic N) is 2. The molecule has 0 unspecified atom stereocenters. The molecule has 0 spiro atoms. The molecule has 4 amide bonds. The van der Waals surface area contributed by atoms with Crippen molar-refractivity contribution in [3.8, 4) is 11.5 Å². The predicted octanol–water partition coefficient (Wildman–Crippen LogP) is 2.59. The number of carbonyl (C=O) groups is 5. The van der Waals surface area contributed by atoms with Crippen LogP contribution in [0.1, 0.15) is 30.7 Å². The van der Waals surface area contributed by atoms with Crippen molar-refractivity contribution in [2.45, 2.75) is 34.9 Å². The Labute approximate surface area is 235 Å². The predicted molar refractivity (Wildman–Crippen MR) is 137 cm³/mol. The summed E-state index contributed by atoms with van der Waals surface area (Å²) in [5.74, 6) is -7.14. The normalized spacial score (nSPS) is 34.2. The lowest BCUT2D eigenvalue weighted by atomic mass is 9.56. The van der Waals surface area contributed by atoms with E-state index in [1.807, 2.05) is 0 Å². The third kappa shape index (κ3) is 3.47. The minimum absolute atomic E-state index is 0.137. The summed E-state index contributed by atoms with van der Waals surface area (Å²) in [4.78, 5) is 62.9. The van der Waals surface area contributed by atoms with E-state index < -0.39 is 69.4 Å². The Morgan fingerprint density at radius 3 is 2.47 bits per heavy atom. The quantitative estimate of drug-likeness (QED) is 0.212. The molecule has 4 aliphatic rings. The van der Waals surface area contributed by atoms with Gasteiger partial charge in [0.2, 0.25) is 11.8 Å². The molecule has 10 nitrogen and oxygen atoms in total. The number of halogens is 3. The lowest BCUT2D eigenvalue weighted by molar-refractivity contribution is -0.143. The van der Waals surface area contributed by atoms with Crippen LogP contribution in [0.4, 0.5) is 0 Å². The summed E-state index contributed by atoms with van der Waals surface area (Å²) >= 11 is 17.4. The van der Waals surface area contributed by atoms with Gasteiger partial charge in [0.15, 0.2) is 9.75 Å². The third-order valence-corrected chi connectivity index (χ3v) is 10.1. The Morgan fingerprint density at radius 2 is 1.84 bits per heavy atom. The van der Waals surface area contributed by atoms with Gasteiger partial charge in [0.05, 0.1) is 30.8 Å². The van der Waals surface area contributed by atoms with Crippen molar-refractivity contribution in [3.63, 3.8) is 0 Å². The number of carbonyl (C=O) groups excluding carboxylic acids is 4. The Hall–Kier alpha value is -2.63. The number of ether oxygens (including phenoxy) is 1. The zero-order valence-corrected chi connectivity index (χ0v) is 23.1. The minimum atomic E-state index is -2.05. The largest absolute Gasteiger partial charge is 0.508 e. The number of likely N-dealkylation sites (tertiary alicyclic amines) is 2. The lowest BCUT2D eigenvalue weighted by Gasteiger charge is -2.50. The topological polar surface area (TPSA) is 142 Å². The smallest absolute Gasteiger partial charge is 0.305 e. The molecule has 2 aliphatic heterocycles. The summed E-state index contributed by atoms with van der Waals surface area (Å²) in [6.45, 7) is -0.275. The summed E-state index contributed by atoms with van der Waals surface area (Å²) in [5, 5.41) is 20.0. The number of carboxylic acid groups (broad SMARTS) is 1. The first kappa shape index (κ1) is 27.0. The van der Waals surface area contributed by atoms with E-state index in [1.165, 1.54) is 25.3 Å². The SMILES string of the molecule is COc1ccc(O)c([C@H]2C3=CC[C@@H]4C(=O)N(CCC(=O)O)C(=O)[C@@H]4[C@@H]3C[C@@]3(Cl)C(=O)N(CBr)C(=O)[C@@]23Cl)c1. The molecule has 202 valence electrons. The second-order valence-electron chi connectivity index (χ2n) is 9.88. The van der Waals surface area contributed by atoms with Crippen molar-refractivity contribution in [1.29, 1.82) is 0 Å². The number of alkyl halides is 3. The number of fused-ring (bicyclic) bond motifs is 4. The zero-order valence-electron chi connectivity index (χ0n) is 20.0. The number of amides is 4. The number of hydrogen-bond donors (Lipinski definition) is 2. The number of imide groups is 2. The molecule has 2 aliphatic carbocycles.